The van der Waals surface area contributed by atoms with Crippen LogP contribution in [0.25, 0.3) is 0 Å². The average molecular weight is 209 g/mol. The Morgan fingerprint density at radius 3 is 2.80 bits per heavy atom. The first-order valence-electron chi connectivity index (χ1n) is 4.67. The molecule has 15 heavy (non-hydrogen) atoms. The zero-order valence-corrected chi connectivity index (χ0v) is 8.86. The van der Waals surface area contributed by atoms with E-state index < -0.39 is 12.0 Å². The van der Waals surface area contributed by atoms with Crippen molar-refractivity contribution >= 4 is 5.97 Å². The highest BCUT2D eigenvalue weighted by Gasteiger charge is 2.16. The lowest BCUT2D eigenvalue weighted by molar-refractivity contribution is -0.138. The number of methoxy groups -OCH3 is 1. The highest BCUT2D eigenvalue weighted by molar-refractivity contribution is 5.73. The first kappa shape index (κ1) is 11.5. The first-order valence-corrected chi connectivity index (χ1v) is 4.67. The van der Waals surface area contributed by atoms with Crippen molar-refractivity contribution in [2.75, 3.05) is 7.11 Å². The van der Waals surface area contributed by atoms with Crippen LogP contribution in [0, 0.1) is 6.92 Å². The zero-order chi connectivity index (χ0) is 11.4. The van der Waals surface area contributed by atoms with E-state index in [4.69, 9.17) is 15.6 Å². The average Bonchev–Trinajstić information content (AvgIpc) is 2.20. The van der Waals surface area contributed by atoms with Crippen LogP contribution in [0.15, 0.2) is 18.2 Å². The quantitative estimate of drug-likeness (QED) is 0.774. The van der Waals surface area contributed by atoms with E-state index in [-0.39, 0.29) is 6.42 Å². The predicted molar refractivity (Wildman–Crippen MR) is 57.0 cm³/mol. The van der Waals surface area contributed by atoms with Crippen molar-refractivity contribution in [1.29, 1.82) is 0 Å². The highest BCUT2D eigenvalue weighted by atomic mass is 16.5. The lowest BCUT2D eigenvalue weighted by Gasteiger charge is -2.13. The van der Waals surface area contributed by atoms with Crippen LogP contribution in [0.2, 0.25) is 0 Å². The van der Waals surface area contributed by atoms with Crippen molar-refractivity contribution in [3.63, 3.8) is 0 Å². The third kappa shape index (κ3) is 2.70. The Morgan fingerprint density at radius 1 is 1.60 bits per heavy atom. The lowest BCUT2D eigenvalue weighted by atomic mass is 10.0. The van der Waals surface area contributed by atoms with Crippen molar-refractivity contribution < 1.29 is 14.6 Å². The van der Waals surface area contributed by atoms with Crippen molar-refractivity contribution in [3.05, 3.63) is 29.3 Å². The molecule has 4 nitrogen and oxygen atoms in total. The van der Waals surface area contributed by atoms with Gasteiger partial charge in [-0.05, 0) is 24.1 Å². The molecule has 0 aromatic heterocycles. The van der Waals surface area contributed by atoms with Gasteiger partial charge in [-0.15, -0.1) is 0 Å². The van der Waals surface area contributed by atoms with Crippen molar-refractivity contribution in [3.8, 4) is 5.75 Å². The fourth-order valence-electron chi connectivity index (χ4n) is 1.44. The van der Waals surface area contributed by atoms with Gasteiger partial charge in [0.25, 0.3) is 0 Å². The molecule has 0 saturated carbocycles. The second kappa shape index (κ2) is 4.79. The number of rotatable bonds is 4. The summed E-state index contributed by atoms with van der Waals surface area (Å²) < 4.78 is 5.16. The highest BCUT2D eigenvalue weighted by Crippen LogP contribution is 2.22. The van der Waals surface area contributed by atoms with Crippen LogP contribution >= 0.6 is 0 Å². The van der Waals surface area contributed by atoms with Gasteiger partial charge in [0.1, 0.15) is 11.8 Å². The van der Waals surface area contributed by atoms with Gasteiger partial charge in [-0.25, -0.2) is 0 Å². The van der Waals surface area contributed by atoms with E-state index in [1.165, 1.54) is 0 Å². The Labute approximate surface area is 88.7 Å². The van der Waals surface area contributed by atoms with Gasteiger partial charge in [0, 0.05) is 6.42 Å². The zero-order valence-electron chi connectivity index (χ0n) is 8.86. The summed E-state index contributed by atoms with van der Waals surface area (Å²) in [7, 11) is 1.56. The minimum atomic E-state index is -1.000. The lowest BCUT2D eigenvalue weighted by Crippen LogP contribution is -2.32. The molecule has 0 radical (unpaired) electrons. The van der Waals surface area contributed by atoms with E-state index in [0.29, 0.717) is 5.75 Å². The molecule has 0 saturated heterocycles. The molecule has 1 aromatic rings. The van der Waals surface area contributed by atoms with Crippen LogP contribution in [-0.4, -0.2) is 24.2 Å². The van der Waals surface area contributed by atoms with Gasteiger partial charge in [-0.1, -0.05) is 12.1 Å². The number of carboxylic acid groups (broad SMARTS) is 1. The predicted octanol–water partition coefficient (Wildman–Crippen LogP) is 0.958. The van der Waals surface area contributed by atoms with Gasteiger partial charge in [0.2, 0.25) is 0 Å². The maximum Gasteiger partial charge on any atom is 0.320 e. The second-order valence-corrected chi connectivity index (χ2v) is 3.40. The third-order valence-corrected chi connectivity index (χ3v) is 2.33. The Kier molecular flexibility index (Phi) is 3.68. The normalized spacial score (nSPS) is 12.2. The summed E-state index contributed by atoms with van der Waals surface area (Å²) in [5.41, 5.74) is 7.33. The molecule has 0 aliphatic heterocycles. The number of hydrogen-bond donors (Lipinski definition) is 2. The molecule has 4 heteroatoms. The fourth-order valence-corrected chi connectivity index (χ4v) is 1.44. The minimum absolute atomic E-state index is 0.283. The smallest absolute Gasteiger partial charge is 0.320 e. The monoisotopic (exact) mass is 209 g/mol. The summed E-state index contributed by atoms with van der Waals surface area (Å²) in [4.78, 5) is 10.6. The summed E-state index contributed by atoms with van der Waals surface area (Å²) in [5.74, 6) is -0.313. The molecular formula is C11H15NO3. The van der Waals surface area contributed by atoms with Crippen molar-refractivity contribution in [1.82, 2.24) is 0 Å². The Balaban J connectivity index is 2.97. The Hall–Kier alpha value is -1.55. The molecular weight excluding hydrogens is 194 g/mol. The van der Waals surface area contributed by atoms with Gasteiger partial charge >= 0.3 is 5.97 Å². The van der Waals surface area contributed by atoms with E-state index in [9.17, 15) is 4.79 Å². The number of hydrogen-bond acceptors (Lipinski definition) is 3. The first-order chi connectivity index (χ1) is 7.06. The number of ether oxygens (including phenoxy) is 1. The number of carboxylic acids is 1. The van der Waals surface area contributed by atoms with E-state index in [1.807, 2.05) is 19.1 Å². The summed E-state index contributed by atoms with van der Waals surface area (Å²) >= 11 is 0. The maximum absolute atomic E-state index is 10.6. The molecule has 1 atom stereocenters. The molecule has 0 amide bonds. The molecule has 3 N–H and O–H groups in total. The summed E-state index contributed by atoms with van der Waals surface area (Å²) in [6.45, 7) is 1.91. The van der Waals surface area contributed by atoms with Crippen LogP contribution in [0.5, 0.6) is 5.75 Å². The van der Waals surface area contributed by atoms with E-state index in [0.717, 1.165) is 11.1 Å². The molecule has 0 spiro atoms. The van der Waals surface area contributed by atoms with E-state index >= 15 is 0 Å². The van der Waals surface area contributed by atoms with Gasteiger partial charge in [0.15, 0.2) is 0 Å². The Morgan fingerprint density at radius 2 is 2.27 bits per heavy atom. The number of carbonyl (C=O) groups is 1. The van der Waals surface area contributed by atoms with Crippen molar-refractivity contribution in [2.45, 2.75) is 19.4 Å². The molecule has 0 heterocycles. The van der Waals surface area contributed by atoms with Gasteiger partial charge in [0.05, 0.1) is 7.11 Å². The molecule has 82 valence electrons. The molecule has 1 aromatic carbocycles. The second-order valence-electron chi connectivity index (χ2n) is 3.40. The minimum Gasteiger partial charge on any atom is -0.496 e. The van der Waals surface area contributed by atoms with Crippen molar-refractivity contribution in [2.24, 2.45) is 5.73 Å². The van der Waals surface area contributed by atoms with Crippen LogP contribution in [0.3, 0.4) is 0 Å². The van der Waals surface area contributed by atoms with E-state index in [2.05, 4.69) is 0 Å². The van der Waals surface area contributed by atoms with Gasteiger partial charge in [-0.3, -0.25) is 4.79 Å². The van der Waals surface area contributed by atoms with Crippen LogP contribution in [0.4, 0.5) is 0 Å². The Bertz CT molecular complexity index is 363. The maximum atomic E-state index is 10.6. The number of aliphatic carboxylic acids is 1. The molecule has 0 bridgehead atoms. The number of benzene rings is 1. The van der Waals surface area contributed by atoms with Crippen LogP contribution in [-0.2, 0) is 11.2 Å². The summed E-state index contributed by atoms with van der Waals surface area (Å²) in [5, 5.41) is 8.73. The number of nitrogens with two attached hydrogens (primary N) is 1. The number of aryl methyl sites for hydroxylation is 1. The molecule has 0 fully saturated rings. The van der Waals surface area contributed by atoms with Gasteiger partial charge in [-0.2, -0.15) is 0 Å². The summed E-state index contributed by atoms with van der Waals surface area (Å²) in [6.07, 6.45) is 0.283. The molecule has 0 aliphatic carbocycles. The van der Waals surface area contributed by atoms with E-state index in [1.54, 1.807) is 13.2 Å². The standard InChI is InChI=1S/C11H15NO3/c1-7-4-3-5-10(15-2)8(7)6-9(12)11(13)14/h3-5,9H,6,12H2,1-2H3,(H,13,14)/t9-/m0/s1. The summed E-state index contributed by atoms with van der Waals surface area (Å²) in [6, 6.07) is 4.69. The fraction of sp³-hybridized carbons (Fsp3) is 0.364. The SMILES string of the molecule is COc1cccc(C)c1C[C@H](N)C(=O)O. The van der Waals surface area contributed by atoms with Gasteiger partial charge < -0.3 is 15.6 Å². The third-order valence-electron chi connectivity index (χ3n) is 2.33. The topological polar surface area (TPSA) is 72.5 Å². The largest absolute Gasteiger partial charge is 0.496 e. The van der Waals surface area contributed by atoms with Crippen LogP contribution < -0.4 is 10.5 Å². The van der Waals surface area contributed by atoms with Crippen LogP contribution in [0.1, 0.15) is 11.1 Å². The molecule has 1 rings (SSSR count). The molecule has 0 unspecified atom stereocenters. The molecule has 0 aliphatic rings.